The van der Waals surface area contributed by atoms with E-state index in [1.807, 2.05) is 6.92 Å². The highest BCUT2D eigenvalue weighted by atomic mass is 16.1. The lowest BCUT2D eigenvalue weighted by Crippen LogP contribution is -2.47. The second-order valence-electron chi connectivity index (χ2n) is 3.42. The van der Waals surface area contributed by atoms with E-state index in [0.717, 1.165) is 19.5 Å². The van der Waals surface area contributed by atoms with Crippen molar-refractivity contribution in [2.24, 2.45) is 0 Å². The molecular weight excluding hydrogens is 152 g/mol. The molecule has 12 heavy (non-hydrogen) atoms. The van der Waals surface area contributed by atoms with Crippen LogP contribution in [0.3, 0.4) is 0 Å². The molecule has 0 aromatic carbocycles. The number of rotatable bonds is 2. The molecule has 1 amide bonds. The molecule has 1 atom stereocenters. The molecule has 3 nitrogen and oxygen atoms in total. The third-order valence-electron chi connectivity index (χ3n) is 2.07. The summed E-state index contributed by atoms with van der Waals surface area (Å²) in [5.41, 5.74) is -0.0894. The molecule has 1 rings (SSSR count). The normalized spacial score (nSPS) is 28.0. The average Bonchev–Trinajstić information content (AvgIpc) is 2.36. The summed E-state index contributed by atoms with van der Waals surface area (Å²) < 4.78 is 0. The highest BCUT2D eigenvalue weighted by Gasteiger charge is 2.29. The standard InChI is InChI=1S/C9H14N2O/c1-3-4-8(12)11-9(2)5-6-10-7-9/h1,10H,4-7H2,2H3,(H,11,12). The number of nitrogens with one attached hydrogen (secondary N) is 2. The van der Waals surface area contributed by atoms with Gasteiger partial charge in [0.05, 0.1) is 12.0 Å². The third kappa shape index (κ3) is 2.24. The number of hydrogen-bond acceptors (Lipinski definition) is 2. The Morgan fingerprint density at radius 2 is 2.58 bits per heavy atom. The molecule has 1 saturated heterocycles. The summed E-state index contributed by atoms with van der Waals surface area (Å²) in [6.45, 7) is 3.83. The minimum absolute atomic E-state index is 0.0521. The Hall–Kier alpha value is -1.01. The van der Waals surface area contributed by atoms with Crippen LogP contribution in [0.4, 0.5) is 0 Å². The van der Waals surface area contributed by atoms with E-state index in [4.69, 9.17) is 6.42 Å². The molecule has 0 aromatic heterocycles. The second kappa shape index (κ2) is 3.59. The number of terminal acetylenes is 1. The zero-order valence-electron chi connectivity index (χ0n) is 7.31. The first-order valence-corrected chi connectivity index (χ1v) is 4.11. The van der Waals surface area contributed by atoms with Gasteiger partial charge in [-0.25, -0.2) is 0 Å². The van der Waals surface area contributed by atoms with E-state index in [2.05, 4.69) is 16.6 Å². The van der Waals surface area contributed by atoms with Crippen molar-refractivity contribution in [1.82, 2.24) is 10.6 Å². The lowest BCUT2D eigenvalue weighted by Gasteiger charge is -2.23. The van der Waals surface area contributed by atoms with Crippen LogP contribution in [-0.4, -0.2) is 24.5 Å². The molecule has 1 fully saturated rings. The van der Waals surface area contributed by atoms with Crippen molar-refractivity contribution in [3.63, 3.8) is 0 Å². The van der Waals surface area contributed by atoms with Gasteiger partial charge in [-0.1, -0.05) is 5.92 Å². The highest BCUT2D eigenvalue weighted by molar-refractivity contribution is 5.79. The first-order valence-electron chi connectivity index (χ1n) is 4.11. The lowest BCUT2D eigenvalue weighted by atomic mass is 10.0. The molecular formula is C9H14N2O. The van der Waals surface area contributed by atoms with E-state index in [9.17, 15) is 4.79 Å². The Morgan fingerprint density at radius 3 is 3.08 bits per heavy atom. The average molecular weight is 166 g/mol. The summed E-state index contributed by atoms with van der Waals surface area (Å²) in [6.07, 6.45) is 6.17. The first-order chi connectivity index (χ1) is 5.66. The highest BCUT2D eigenvalue weighted by Crippen LogP contribution is 2.12. The van der Waals surface area contributed by atoms with Gasteiger partial charge in [0, 0.05) is 6.54 Å². The fourth-order valence-corrected chi connectivity index (χ4v) is 1.40. The fraction of sp³-hybridized carbons (Fsp3) is 0.667. The van der Waals surface area contributed by atoms with Gasteiger partial charge in [0.15, 0.2) is 0 Å². The van der Waals surface area contributed by atoms with Crippen molar-refractivity contribution < 1.29 is 4.79 Å². The largest absolute Gasteiger partial charge is 0.349 e. The van der Waals surface area contributed by atoms with Crippen LogP contribution in [0.1, 0.15) is 19.8 Å². The molecule has 0 aliphatic carbocycles. The van der Waals surface area contributed by atoms with Crippen molar-refractivity contribution in [2.45, 2.75) is 25.3 Å². The lowest BCUT2D eigenvalue weighted by molar-refractivity contribution is -0.121. The summed E-state index contributed by atoms with van der Waals surface area (Å²) in [5, 5.41) is 6.11. The van der Waals surface area contributed by atoms with Crippen molar-refractivity contribution in [3.05, 3.63) is 0 Å². The van der Waals surface area contributed by atoms with Gasteiger partial charge >= 0.3 is 0 Å². The van der Waals surface area contributed by atoms with E-state index in [-0.39, 0.29) is 17.9 Å². The molecule has 0 aromatic rings. The molecule has 0 spiro atoms. The van der Waals surface area contributed by atoms with Gasteiger partial charge in [-0.3, -0.25) is 4.79 Å². The number of amides is 1. The van der Waals surface area contributed by atoms with E-state index >= 15 is 0 Å². The van der Waals surface area contributed by atoms with Gasteiger partial charge in [0.25, 0.3) is 0 Å². The molecule has 1 heterocycles. The predicted octanol–water partition coefficient (Wildman–Crippen LogP) is -0.122. The van der Waals surface area contributed by atoms with Crippen molar-refractivity contribution in [2.75, 3.05) is 13.1 Å². The van der Waals surface area contributed by atoms with Crippen LogP contribution in [0.25, 0.3) is 0 Å². The van der Waals surface area contributed by atoms with Crippen LogP contribution in [-0.2, 0) is 4.79 Å². The van der Waals surface area contributed by atoms with Gasteiger partial charge in [-0.15, -0.1) is 6.42 Å². The second-order valence-corrected chi connectivity index (χ2v) is 3.42. The van der Waals surface area contributed by atoms with Gasteiger partial charge in [0.2, 0.25) is 5.91 Å². The molecule has 3 heteroatoms. The molecule has 0 bridgehead atoms. The topological polar surface area (TPSA) is 41.1 Å². The molecule has 1 unspecified atom stereocenters. The number of carbonyl (C=O) groups is 1. The zero-order valence-corrected chi connectivity index (χ0v) is 7.31. The third-order valence-corrected chi connectivity index (χ3v) is 2.07. The van der Waals surface area contributed by atoms with Crippen molar-refractivity contribution in [3.8, 4) is 12.3 Å². The Balaban J connectivity index is 2.39. The maximum Gasteiger partial charge on any atom is 0.232 e. The maximum atomic E-state index is 11.1. The van der Waals surface area contributed by atoms with Crippen LogP contribution >= 0.6 is 0 Å². The van der Waals surface area contributed by atoms with Gasteiger partial charge in [0.1, 0.15) is 0 Å². The summed E-state index contributed by atoms with van der Waals surface area (Å²) in [5.74, 6) is 2.27. The minimum Gasteiger partial charge on any atom is -0.349 e. The Morgan fingerprint density at radius 1 is 1.83 bits per heavy atom. The van der Waals surface area contributed by atoms with Crippen LogP contribution in [0.5, 0.6) is 0 Å². The number of carbonyl (C=O) groups excluding carboxylic acids is 1. The van der Waals surface area contributed by atoms with Crippen LogP contribution in [0.15, 0.2) is 0 Å². The molecule has 0 radical (unpaired) electrons. The zero-order chi connectivity index (χ0) is 9.03. The van der Waals surface area contributed by atoms with E-state index in [0.29, 0.717) is 0 Å². The molecule has 1 aliphatic heterocycles. The number of hydrogen-bond donors (Lipinski definition) is 2. The monoisotopic (exact) mass is 166 g/mol. The van der Waals surface area contributed by atoms with E-state index in [1.165, 1.54) is 0 Å². The van der Waals surface area contributed by atoms with Gasteiger partial charge in [-0.2, -0.15) is 0 Å². The molecule has 66 valence electrons. The SMILES string of the molecule is C#CCC(=O)NC1(C)CCNC1. The smallest absolute Gasteiger partial charge is 0.232 e. The molecule has 0 saturated carbocycles. The van der Waals surface area contributed by atoms with Crippen molar-refractivity contribution >= 4 is 5.91 Å². The maximum absolute atomic E-state index is 11.1. The predicted molar refractivity (Wildman–Crippen MR) is 47.5 cm³/mol. The van der Waals surface area contributed by atoms with Gasteiger partial charge in [-0.05, 0) is 19.9 Å². The quantitative estimate of drug-likeness (QED) is 0.561. The Bertz CT molecular complexity index is 211. The first kappa shape index (κ1) is 9.08. The molecule has 1 aliphatic rings. The van der Waals surface area contributed by atoms with Gasteiger partial charge < -0.3 is 10.6 Å². The van der Waals surface area contributed by atoms with Crippen molar-refractivity contribution in [1.29, 1.82) is 0 Å². The Kier molecular flexibility index (Phi) is 2.72. The summed E-state index contributed by atoms with van der Waals surface area (Å²) in [6, 6.07) is 0. The summed E-state index contributed by atoms with van der Waals surface area (Å²) in [4.78, 5) is 11.1. The van der Waals surface area contributed by atoms with E-state index < -0.39 is 0 Å². The van der Waals surface area contributed by atoms with Crippen LogP contribution < -0.4 is 10.6 Å². The van der Waals surface area contributed by atoms with E-state index in [1.54, 1.807) is 0 Å². The summed E-state index contributed by atoms with van der Waals surface area (Å²) in [7, 11) is 0. The Labute approximate surface area is 72.9 Å². The minimum atomic E-state index is -0.0894. The summed E-state index contributed by atoms with van der Waals surface area (Å²) >= 11 is 0. The fourth-order valence-electron chi connectivity index (χ4n) is 1.40. The van der Waals surface area contributed by atoms with Crippen LogP contribution in [0.2, 0.25) is 0 Å². The molecule has 2 N–H and O–H groups in total. The van der Waals surface area contributed by atoms with Crippen LogP contribution in [0, 0.1) is 12.3 Å².